The number of aromatic nitrogens is 1. The zero-order valence-corrected chi connectivity index (χ0v) is 15.5. The van der Waals surface area contributed by atoms with E-state index in [2.05, 4.69) is 27.0 Å². The maximum atomic E-state index is 10.6. The molecule has 28 heavy (non-hydrogen) atoms. The van der Waals surface area contributed by atoms with Crippen molar-refractivity contribution >= 4 is 27.7 Å². The lowest BCUT2D eigenvalue weighted by molar-refractivity contribution is -0.192. The first-order valence-corrected chi connectivity index (χ1v) is 8.23. The van der Waals surface area contributed by atoms with E-state index in [0.717, 1.165) is 15.6 Å². The summed E-state index contributed by atoms with van der Waals surface area (Å²) in [6.07, 6.45) is -3.51. The quantitative estimate of drug-likeness (QED) is 0.572. The molecule has 0 aliphatic carbocycles. The van der Waals surface area contributed by atoms with Crippen molar-refractivity contribution in [3.63, 3.8) is 0 Å². The second kappa shape index (κ2) is 8.58. The number of pyridine rings is 1. The Morgan fingerprint density at radius 2 is 1.86 bits per heavy atom. The highest BCUT2D eigenvalue weighted by Crippen LogP contribution is 2.31. The smallest absolute Gasteiger partial charge is 0.475 e. The van der Waals surface area contributed by atoms with Gasteiger partial charge in [0.1, 0.15) is 23.1 Å². The predicted octanol–water partition coefficient (Wildman–Crippen LogP) is 4.86. The number of hydrogen-bond acceptors (Lipinski definition) is 5. The van der Waals surface area contributed by atoms with Crippen molar-refractivity contribution in [3.05, 3.63) is 58.8 Å². The molecule has 3 aromatic rings. The Kier molecular flexibility index (Phi) is 6.43. The van der Waals surface area contributed by atoms with Gasteiger partial charge >= 0.3 is 12.1 Å². The minimum atomic E-state index is -5.08. The number of hydrogen-bond donors (Lipinski definition) is 2. The van der Waals surface area contributed by atoms with E-state index in [1.807, 2.05) is 30.3 Å². The lowest BCUT2D eigenvalue weighted by Crippen LogP contribution is -2.21. The molecule has 3 rings (SSSR count). The largest absolute Gasteiger partial charge is 0.490 e. The molecule has 0 aliphatic heterocycles. The normalized spacial score (nSPS) is 10.5. The number of carboxylic acids is 1. The summed E-state index contributed by atoms with van der Waals surface area (Å²) in [4.78, 5) is 13.1. The summed E-state index contributed by atoms with van der Waals surface area (Å²) in [5.74, 6) is -1.94. The van der Waals surface area contributed by atoms with Gasteiger partial charge in [0.25, 0.3) is 0 Å². The van der Waals surface area contributed by atoms with Crippen molar-refractivity contribution in [3.8, 4) is 28.7 Å². The molecule has 0 radical (unpaired) electrons. The molecule has 0 saturated carbocycles. The van der Waals surface area contributed by atoms with Crippen molar-refractivity contribution in [2.45, 2.75) is 6.18 Å². The number of nitrogen functional groups attached to an aromatic ring is 1. The van der Waals surface area contributed by atoms with Gasteiger partial charge in [0.05, 0.1) is 6.26 Å². The molecule has 0 aliphatic rings. The second-order valence-corrected chi connectivity index (χ2v) is 6.13. The topological polar surface area (TPSA) is 113 Å². The molecule has 0 amide bonds. The molecule has 144 valence electrons. The first-order valence-electron chi connectivity index (χ1n) is 7.44. The van der Waals surface area contributed by atoms with E-state index in [-0.39, 0.29) is 5.82 Å². The minimum absolute atomic E-state index is 0.198. The van der Waals surface area contributed by atoms with Gasteiger partial charge in [0.2, 0.25) is 0 Å². The van der Waals surface area contributed by atoms with Gasteiger partial charge < -0.3 is 15.3 Å². The zero-order valence-electron chi connectivity index (χ0n) is 13.9. The van der Waals surface area contributed by atoms with Gasteiger partial charge in [0.15, 0.2) is 5.76 Å². The third kappa shape index (κ3) is 5.11. The van der Waals surface area contributed by atoms with Crippen LogP contribution in [0.2, 0.25) is 0 Å². The molecule has 10 heteroatoms. The number of alkyl halides is 3. The number of anilines is 1. The fourth-order valence-corrected chi connectivity index (χ4v) is 2.35. The highest BCUT2D eigenvalue weighted by molar-refractivity contribution is 9.10. The van der Waals surface area contributed by atoms with Crippen LogP contribution >= 0.6 is 15.9 Å². The van der Waals surface area contributed by atoms with Gasteiger partial charge in [-0.2, -0.15) is 18.4 Å². The summed E-state index contributed by atoms with van der Waals surface area (Å²) < 4.78 is 38.1. The summed E-state index contributed by atoms with van der Waals surface area (Å²) in [6.45, 7) is 0. The Hall–Kier alpha value is -3.32. The monoisotopic (exact) mass is 453 g/mol. The molecule has 3 N–H and O–H groups in total. The zero-order chi connectivity index (χ0) is 20.9. The van der Waals surface area contributed by atoms with Crippen LogP contribution in [0.3, 0.4) is 0 Å². The number of benzene rings is 1. The van der Waals surface area contributed by atoms with E-state index in [1.165, 1.54) is 0 Å². The SMILES string of the molecule is N#Cc1c(-c2ccc(Br)cc2)cc(-c2ccco2)nc1N.O=C(O)C(F)(F)F. The Morgan fingerprint density at radius 1 is 1.25 bits per heavy atom. The van der Waals surface area contributed by atoms with E-state index in [4.69, 9.17) is 20.1 Å². The summed E-state index contributed by atoms with van der Waals surface area (Å²) >= 11 is 3.40. The Bertz CT molecular complexity index is 1010. The number of nitrogens with zero attached hydrogens (tertiary/aromatic N) is 2. The number of carboxylic acid groups (broad SMARTS) is 1. The fourth-order valence-electron chi connectivity index (χ4n) is 2.09. The number of furan rings is 1. The first kappa shape index (κ1) is 21.0. The maximum absolute atomic E-state index is 10.6. The molecule has 0 saturated heterocycles. The van der Waals surface area contributed by atoms with Crippen LogP contribution in [0.5, 0.6) is 0 Å². The van der Waals surface area contributed by atoms with Gasteiger partial charge in [-0.1, -0.05) is 28.1 Å². The molecule has 0 unspecified atom stereocenters. The molecule has 2 aromatic heterocycles. The Morgan fingerprint density at radius 3 is 2.32 bits per heavy atom. The molecule has 0 fully saturated rings. The van der Waals surface area contributed by atoms with Crippen LogP contribution in [-0.4, -0.2) is 22.2 Å². The molecule has 6 nitrogen and oxygen atoms in total. The molecular formula is C18H11BrF3N3O3. The third-order valence-electron chi connectivity index (χ3n) is 3.33. The first-order chi connectivity index (χ1) is 13.1. The van der Waals surface area contributed by atoms with Crippen LogP contribution in [0.25, 0.3) is 22.6 Å². The molecule has 0 atom stereocenters. The molecule has 1 aromatic carbocycles. The van der Waals surface area contributed by atoms with Crippen molar-refractivity contribution in [1.29, 1.82) is 5.26 Å². The Balaban J connectivity index is 0.000000345. The van der Waals surface area contributed by atoms with E-state index < -0.39 is 12.1 Å². The number of carbonyl (C=O) groups is 1. The van der Waals surface area contributed by atoms with Crippen LogP contribution in [0.4, 0.5) is 19.0 Å². The lowest BCUT2D eigenvalue weighted by Gasteiger charge is -2.09. The number of rotatable bonds is 2. The minimum Gasteiger partial charge on any atom is -0.475 e. The number of aliphatic carboxylic acids is 1. The van der Waals surface area contributed by atoms with Crippen LogP contribution in [0.15, 0.2) is 57.6 Å². The summed E-state index contributed by atoms with van der Waals surface area (Å²) in [5.41, 5.74) is 8.54. The van der Waals surface area contributed by atoms with E-state index in [1.54, 1.807) is 18.4 Å². The highest BCUT2D eigenvalue weighted by atomic mass is 79.9. The summed E-state index contributed by atoms with van der Waals surface area (Å²) in [5, 5.41) is 16.5. The highest BCUT2D eigenvalue weighted by Gasteiger charge is 2.38. The van der Waals surface area contributed by atoms with Crippen molar-refractivity contribution in [2.24, 2.45) is 0 Å². The average molecular weight is 454 g/mol. The van der Waals surface area contributed by atoms with Gasteiger partial charge in [0, 0.05) is 10.0 Å². The third-order valence-corrected chi connectivity index (χ3v) is 3.86. The van der Waals surface area contributed by atoms with Gasteiger partial charge in [-0.15, -0.1) is 0 Å². The fraction of sp³-hybridized carbons (Fsp3) is 0.0556. The van der Waals surface area contributed by atoms with Crippen molar-refractivity contribution in [2.75, 3.05) is 5.73 Å². The van der Waals surface area contributed by atoms with Gasteiger partial charge in [-0.25, -0.2) is 9.78 Å². The van der Waals surface area contributed by atoms with E-state index in [9.17, 15) is 18.4 Å². The van der Waals surface area contributed by atoms with Crippen molar-refractivity contribution in [1.82, 2.24) is 4.98 Å². The van der Waals surface area contributed by atoms with Crippen LogP contribution in [-0.2, 0) is 4.79 Å². The Labute approximate surface area is 165 Å². The second-order valence-electron chi connectivity index (χ2n) is 5.21. The van der Waals surface area contributed by atoms with Gasteiger partial charge in [-0.05, 0) is 35.9 Å². The average Bonchev–Trinajstić information content (AvgIpc) is 3.16. The summed E-state index contributed by atoms with van der Waals surface area (Å²) in [7, 11) is 0. The maximum Gasteiger partial charge on any atom is 0.490 e. The molecule has 0 bridgehead atoms. The van der Waals surface area contributed by atoms with Gasteiger partial charge in [-0.3, -0.25) is 0 Å². The standard InChI is InChI=1S/C16H10BrN3O.C2HF3O2/c17-11-5-3-10(4-6-11)12-8-14(15-2-1-7-21-15)20-16(19)13(12)9-18;3-2(4,5)1(6)7/h1-8H,(H2,19,20);(H,6,7). The predicted molar refractivity (Wildman–Crippen MR) is 97.9 cm³/mol. The van der Waals surface area contributed by atoms with E-state index >= 15 is 0 Å². The van der Waals surface area contributed by atoms with Crippen LogP contribution in [0, 0.1) is 11.3 Å². The van der Waals surface area contributed by atoms with Crippen LogP contribution in [0.1, 0.15) is 5.56 Å². The lowest BCUT2D eigenvalue weighted by atomic mass is 10.00. The molecule has 2 heterocycles. The van der Waals surface area contributed by atoms with E-state index in [0.29, 0.717) is 17.0 Å². The number of nitriles is 1. The number of halogens is 4. The van der Waals surface area contributed by atoms with Crippen molar-refractivity contribution < 1.29 is 27.5 Å². The van der Waals surface area contributed by atoms with Crippen LogP contribution < -0.4 is 5.73 Å². The summed E-state index contributed by atoms with van der Waals surface area (Å²) in [6, 6.07) is 15.2. The molecular weight excluding hydrogens is 443 g/mol. The number of nitrogens with two attached hydrogens (primary N) is 1. The molecule has 0 spiro atoms.